The Morgan fingerprint density at radius 2 is 2.00 bits per heavy atom. The minimum Gasteiger partial charge on any atom is -0.379 e. The van der Waals surface area contributed by atoms with E-state index in [1.54, 1.807) is 6.92 Å². The van der Waals surface area contributed by atoms with Crippen LogP contribution in [0, 0.1) is 18.6 Å². The van der Waals surface area contributed by atoms with Gasteiger partial charge in [0.05, 0.1) is 0 Å². The van der Waals surface area contributed by atoms with E-state index < -0.39 is 17.1 Å². The lowest BCUT2D eigenvalue weighted by atomic mass is 10.3. The van der Waals surface area contributed by atoms with E-state index in [4.69, 9.17) is 5.73 Å². The molecule has 0 aliphatic heterocycles. The van der Waals surface area contributed by atoms with Crippen LogP contribution in [-0.4, -0.2) is 9.78 Å². The van der Waals surface area contributed by atoms with Crippen LogP contribution in [-0.2, 0) is 0 Å². The summed E-state index contributed by atoms with van der Waals surface area (Å²) in [6.45, 7) is 1.58. The summed E-state index contributed by atoms with van der Waals surface area (Å²) in [5, 5.41) is 3.75. The Morgan fingerprint density at radius 1 is 1.29 bits per heavy atom. The Kier molecular flexibility index (Phi) is 2.63. The Labute approximate surface area is 95.3 Å². The van der Waals surface area contributed by atoms with Gasteiger partial charge in [-0.2, -0.15) is 0 Å². The first-order valence-electron chi connectivity index (χ1n) is 4.81. The second-order valence-corrected chi connectivity index (χ2v) is 3.54. The van der Waals surface area contributed by atoms with Crippen LogP contribution >= 0.6 is 0 Å². The molecule has 88 valence electrons. The first-order chi connectivity index (χ1) is 7.99. The molecule has 2 rings (SSSR count). The van der Waals surface area contributed by atoms with E-state index in [0.717, 1.165) is 16.8 Å². The standard InChI is InChI=1S/C11H9F2N3O/c1-6-4-10(17)11(14)15-16(6)9-3-2-7(12)5-8(9)13/h2-5H,1H3,(H2,14,15). The second kappa shape index (κ2) is 3.97. The fourth-order valence-electron chi connectivity index (χ4n) is 1.46. The normalized spacial score (nSPS) is 10.5. The number of aryl methyl sites for hydroxylation is 1. The van der Waals surface area contributed by atoms with Crippen molar-refractivity contribution in [3.63, 3.8) is 0 Å². The number of benzene rings is 1. The molecule has 0 spiro atoms. The summed E-state index contributed by atoms with van der Waals surface area (Å²) in [5.41, 5.74) is 5.39. The molecule has 0 saturated carbocycles. The fourth-order valence-corrected chi connectivity index (χ4v) is 1.46. The van der Waals surface area contributed by atoms with Gasteiger partial charge in [0, 0.05) is 17.8 Å². The number of halogens is 2. The van der Waals surface area contributed by atoms with Crippen molar-refractivity contribution in [2.24, 2.45) is 0 Å². The monoisotopic (exact) mass is 237 g/mol. The molecule has 4 nitrogen and oxygen atoms in total. The lowest BCUT2D eigenvalue weighted by Crippen LogP contribution is -2.18. The molecule has 6 heteroatoms. The third-order valence-corrected chi connectivity index (χ3v) is 2.27. The maximum atomic E-state index is 13.5. The number of nitrogens with zero attached hydrogens (tertiary/aromatic N) is 2. The van der Waals surface area contributed by atoms with E-state index in [0.29, 0.717) is 5.69 Å². The molecule has 0 amide bonds. The zero-order valence-electron chi connectivity index (χ0n) is 8.95. The van der Waals surface area contributed by atoms with Gasteiger partial charge in [-0.05, 0) is 19.1 Å². The molecular formula is C11H9F2N3O. The van der Waals surface area contributed by atoms with Crippen molar-refractivity contribution in [3.8, 4) is 5.69 Å². The molecule has 0 aliphatic rings. The summed E-state index contributed by atoms with van der Waals surface area (Å²) in [4.78, 5) is 11.2. The largest absolute Gasteiger partial charge is 0.379 e. The molecule has 0 atom stereocenters. The van der Waals surface area contributed by atoms with Gasteiger partial charge < -0.3 is 5.73 Å². The SMILES string of the molecule is Cc1cc(=O)c(N)nn1-c1ccc(F)cc1F. The van der Waals surface area contributed by atoms with Crippen molar-refractivity contribution >= 4 is 5.82 Å². The number of nitrogens with two attached hydrogens (primary N) is 1. The van der Waals surface area contributed by atoms with Gasteiger partial charge in [0.15, 0.2) is 11.6 Å². The average Bonchev–Trinajstić information content (AvgIpc) is 2.24. The van der Waals surface area contributed by atoms with E-state index in [1.165, 1.54) is 12.1 Å². The van der Waals surface area contributed by atoms with Crippen molar-refractivity contribution in [1.82, 2.24) is 9.78 Å². The van der Waals surface area contributed by atoms with E-state index >= 15 is 0 Å². The van der Waals surface area contributed by atoms with Crippen LogP contribution in [0.1, 0.15) is 5.69 Å². The molecule has 0 aliphatic carbocycles. The molecule has 0 saturated heterocycles. The number of hydrogen-bond acceptors (Lipinski definition) is 3. The van der Waals surface area contributed by atoms with E-state index in [1.807, 2.05) is 0 Å². The molecule has 2 N–H and O–H groups in total. The predicted octanol–water partition coefficient (Wildman–Crippen LogP) is 1.40. The van der Waals surface area contributed by atoms with Gasteiger partial charge >= 0.3 is 0 Å². The van der Waals surface area contributed by atoms with Crippen molar-refractivity contribution in [3.05, 3.63) is 51.8 Å². The zero-order valence-corrected chi connectivity index (χ0v) is 8.95. The topological polar surface area (TPSA) is 60.9 Å². The number of anilines is 1. The minimum atomic E-state index is -0.774. The van der Waals surface area contributed by atoms with Crippen LogP contribution in [0.5, 0.6) is 0 Å². The highest BCUT2D eigenvalue weighted by Gasteiger charge is 2.10. The molecule has 0 bridgehead atoms. The first kappa shape index (κ1) is 11.3. The second-order valence-electron chi connectivity index (χ2n) is 3.54. The Balaban J connectivity index is 2.68. The summed E-state index contributed by atoms with van der Waals surface area (Å²) >= 11 is 0. The van der Waals surface area contributed by atoms with Gasteiger partial charge in [-0.1, -0.05) is 0 Å². The zero-order chi connectivity index (χ0) is 12.6. The van der Waals surface area contributed by atoms with Crippen LogP contribution in [0.3, 0.4) is 0 Å². The summed E-state index contributed by atoms with van der Waals surface area (Å²) in [7, 11) is 0. The number of rotatable bonds is 1. The van der Waals surface area contributed by atoms with Crippen LogP contribution in [0.25, 0.3) is 5.69 Å². The summed E-state index contributed by atoms with van der Waals surface area (Å²) in [5.74, 6) is -1.69. The third kappa shape index (κ3) is 2.01. The Bertz CT molecular complexity index is 637. The molecule has 0 fully saturated rings. The first-order valence-corrected chi connectivity index (χ1v) is 4.81. The van der Waals surface area contributed by atoms with E-state index in [2.05, 4.69) is 5.10 Å². The lowest BCUT2D eigenvalue weighted by Gasteiger charge is -2.10. The Morgan fingerprint density at radius 3 is 2.65 bits per heavy atom. The van der Waals surface area contributed by atoms with Crippen molar-refractivity contribution in [2.75, 3.05) is 5.73 Å². The van der Waals surface area contributed by atoms with Crippen molar-refractivity contribution < 1.29 is 8.78 Å². The highest BCUT2D eigenvalue weighted by Crippen LogP contribution is 2.15. The quantitative estimate of drug-likeness (QED) is 0.815. The highest BCUT2D eigenvalue weighted by molar-refractivity contribution is 5.37. The predicted molar refractivity (Wildman–Crippen MR) is 58.9 cm³/mol. The van der Waals surface area contributed by atoms with Gasteiger partial charge in [0.1, 0.15) is 11.5 Å². The molecule has 1 aromatic heterocycles. The van der Waals surface area contributed by atoms with E-state index in [9.17, 15) is 13.6 Å². The highest BCUT2D eigenvalue weighted by atomic mass is 19.1. The summed E-state index contributed by atoms with van der Waals surface area (Å²) < 4.78 is 27.4. The maximum absolute atomic E-state index is 13.5. The molecule has 0 unspecified atom stereocenters. The van der Waals surface area contributed by atoms with Crippen molar-refractivity contribution in [2.45, 2.75) is 6.92 Å². The van der Waals surface area contributed by atoms with Crippen LogP contribution in [0.15, 0.2) is 29.1 Å². The lowest BCUT2D eigenvalue weighted by molar-refractivity contribution is 0.571. The summed E-state index contributed by atoms with van der Waals surface area (Å²) in [6.07, 6.45) is 0. The molecule has 17 heavy (non-hydrogen) atoms. The Hall–Kier alpha value is -2.24. The molecule has 0 radical (unpaired) electrons. The van der Waals surface area contributed by atoms with Gasteiger partial charge in [-0.15, -0.1) is 5.10 Å². The van der Waals surface area contributed by atoms with Gasteiger partial charge in [-0.3, -0.25) is 4.79 Å². The van der Waals surface area contributed by atoms with Gasteiger partial charge in [-0.25, -0.2) is 13.5 Å². The van der Waals surface area contributed by atoms with E-state index in [-0.39, 0.29) is 11.5 Å². The van der Waals surface area contributed by atoms with Gasteiger partial charge in [0.2, 0.25) is 5.43 Å². The van der Waals surface area contributed by atoms with Crippen LogP contribution in [0.4, 0.5) is 14.6 Å². The average molecular weight is 237 g/mol. The van der Waals surface area contributed by atoms with Crippen molar-refractivity contribution in [1.29, 1.82) is 0 Å². The summed E-state index contributed by atoms with van der Waals surface area (Å²) in [6, 6.07) is 4.32. The molecule has 2 aromatic rings. The minimum absolute atomic E-state index is 0.0376. The van der Waals surface area contributed by atoms with Crippen LogP contribution < -0.4 is 11.2 Å². The number of aromatic nitrogens is 2. The van der Waals surface area contributed by atoms with Crippen LogP contribution in [0.2, 0.25) is 0 Å². The smallest absolute Gasteiger partial charge is 0.224 e. The molecular weight excluding hydrogens is 228 g/mol. The molecule has 1 aromatic carbocycles. The number of nitrogen functional groups attached to an aromatic ring is 1. The fraction of sp³-hybridized carbons (Fsp3) is 0.0909. The third-order valence-electron chi connectivity index (χ3n) is 2.27. The molecule has 1 heterocycles. The van der Waals surface area contributed by atoms with Gasteiger partial charge in [0.25, 0.3) is 0 Å². The maximum Gasteiger partial charge on any atom is 0.224 e. The number of hydrogen-bond donors (Lipinski definition) is 1.